The molecule has 0 aliphatic carbocycles. The van der Waals surface area contributed by atoms with Gasteiger partial charge in [0, 0.05) is 81.5 Å². The van der Waals surface area contributed by atoms with Crippen molar-refractivity contribution in [2.24, 2.45) is 0 Å². The topological polar surface area (TPSA) is 269 Å². The molecule has 0 saturated carbocycles. The maximum atomic E-state index is 15.4. The van der Waals surface area contributed by atoms with Gasteiger partial charge in [-0.2, -0.15) is 5.10 Å². The van der Waals surface area contributed by atoms with Crippen LogP contribution in [0.3, 0.4) is 0 Å². The highest BCUT2D eigenvalue weighted by Crippen LogP contribution is 2.37. The van der Waals surface area contributed by atoms with Gasteiger partial charge >= 0.3 is 6.09 Å². The van der Waals surface area contributed by atoms with Gasteiger partial charge < -0.3 is 49.0 Å². The molecule has 9 rings (SSSR count). The van der Waals surface area contributed by atoms with Gasteiger partial charge in [0.25, 0.3) is 17.7 Å². The quantitative estimate of drug-likeness (QED) is 0.0322. The fourth-order valence-corrected chi connectivity index (χ4v) is 10.8. The maximum absolute atomic E-state index is 15.4. The molecule has 3 aromatic carbocycles. The Morgan fingerprint density at radius 3 is 2.15 bits per heavy atom. The van der Waals surface area contributed by atoms with Crippen LogP contribution in [0.4, 0.5) is 20.6 Å². The van der Waals surface area contributed by atoms with Crippen LogP contribution < -0.4 is 25.6 Å². The minimum absolute atomic E-state index is 0.00118. The molecule has 2 aromatic heterocycles. The van der Waals surface area contributed by atoms with Crippen molar-refractivity contribution in [3.8, 4) is 17.1 Å². The number of rotatable bonds is 26. The summed E-state index contributed by atoms with van der Waals surface area (Å²) in [6.07, 6.45) is 7.92. The van der Waals surface area contributed by atoms with Crippen molar-refractivity contribution in [3.63, 3.8) is 0 Å². The van der Waals surface area contributed by atoms with E-state index in [0.717, 1.165) is 53.5 Å². The van der Waals surface area contributed by atoms with Crippen LogP contribution in [-0.2, 0) is 38.9 Å². The number of fused-ring (bicyclic) bond motifs is 1. The molecule has 24 heteroatoms. The standard InChI is InChI=1S/C62H76FN11O12/c1-41(65-55(77)44-12-9-13-45(37-44)68-62(20-24-73(25-21-62)60(81)86-61(2,3)4)59-67-54(69-70-59)42-17-22-64-23-18-42)43-11-10-14-46(38-43)85-31-8-6-5-7-30-82-33-35-84-36-34-83-32-19-53(76)72-28-26-71(27-29-72)51-40-48-47(39-49(51)63)57(79)74(58(48)80)50-15-16-52(75)66-56(50)78/h9-14,17-18,22-23,37-41,50,68H,5-8,15-16,19-21,24-36H2,1-4H3,(H,65,77)(H,66,75,78)(H,67,69,70)/t41-,50?/m1/s1. The third kappa shape index (κ3) is 15.9. The van der Waals surface area contributed by atoms with E-state index >= 15 is 4.39 Å². The third-order valence-electron chi connectivity index (χ3n) is 15.5. The van der Waals surface area contributed by atoms with E-state index in [1.54, 1.807) is 33.2 Å². The van der Waals surface area contributed by atoms with Gasteiger partial charge in [0.15, 0.2) is 11.6 Å². The number of piperidine rings is 2. The second kappa shape index (κ2) is 28.7. The van der Waals surface area contributed by atoms with Gasteiger partial charge in [-0.3, -0.25) is 49.1 Å². The summed E-state index contributed by atoms with van der Waals surface area (Å²) in [6.45, 7) is 12.5. The van der Waals surface area contributed by atoms with Crippen molar-refractivity contribution in [3.05, 3.63) is 119 Å². The van der Waals surface area contributed by atoms with Crippen LogP contribution in [-0.4, -0.2) is 174 Å². The average molecular weight is 1190 g/mol. The Morgan fingerprint density at radius 1 is 0.767 bits per heavy atom. The first-order valence-electron chi connectivity index (χ1n) is 29.5. The van der Waals surface area contributed by atoms with E-state index in [1.807, 2.05) is 82.3 Å². The Hall–Kier alpha value is -8.35. The van der Waals surface area contributed by atoms with E-state index < -0.39 is 46.6 Å². The number of H-pyrrole nitrogens is 1. The Balaban J connectivity index is 0.608. The van der Waals surface area contributed by atoms with E-state index in [1.165, 1.54) is 6.07 Å². The number of benzene rings is 3. The lowest BCUT2D eigenvalue weighted by Crippen LogP contribution is -2.54. The zero-order valence-electron chi connectivity index (χ0n) is 49.2. The predicted molar refractivity (Wildman–Crippen MR) is 314 cm³/mol. The lowest BCUT2D eigenvalue weighted by Gasteiger charge is -2.41. The van der Waals surface area contributed by atoms with Gasteiger partial charge in [0.2, 0.25) is 17.7 Å². The number of halogens is 1. The second-order valence-corrected chi connectivity index (χ2v) is 22.8. The zero-order valence-corrected chi connectivity index (χ0v) is 49.2. The number of nitrogens with zero attached hydrogens (tertiary/aromatic N) is 7. The van der Waals surface area contributed by atoms with Crippen LogP contribution in [0.1, 0.15) is 134 Å². The Bertz CT molecular complexity index is 3210. The molecule has 3 fully saturated rings. The molecule has 86 heavy (non-hydrogen) atoms. The smallest absolute Gasteiger partial charge is 0.410 e. The number of aromatic amines is 1. The molecular weight excluding hydrogens is 1110 g/mol. The van der Waals surface area contributed by atoms with Crippen molar-refractivity contribution >= 4 is 52.9 Å². The lowest BCUT2D eigenvalue weighted by atomic mass is 9.86. The molecule has 0 spiro atoms. The highest BCUT2D eigenvalue weighted by atomic mass is 19.1. The monoisotopic (exact) mass is 1190 g/mol. The number of ether oxygens (including phenoxy) is 5. The molecule has 5 aromatic rings. The number of nitrogens with one attached hydrogen (secondary N) is 4. The number of pyridine rings is 1. The Labute approximate surface area is 499 Å². The van der Waals surface area contributed by atoms with Gasteiger partial charge in [-0.25, -0.2) is 14.2 Å². The van der Waals surface area contributed by atoms with Crippen molar-refractivity contribution in [2.45, 2.75) is 109 Å². The summed E-state index contributed by atoms with van der Waals surface area (Å²) >= 11 is 0. The molecule has 458 valence electrons. The maximum Gasteiger partial charge on any atom is 0.410 e. The number of aromatic nitrogens is 4. The number of amides is 7. The Morgan fingerprint density at radius 2 is 1.44 bits per heavy atom. The van der Waals surface area contributed by atoms with Gasteiger partial charge in [0.1, 0.15) is 28.7 Å². The molecule has 0 radical (unpaired) electrons. The van der Waals surface area contributed by atoms with Crippen molar-refractivity contribution < 1.29 is 61.6 Å². The van der Waals surface area contributed by atoms with E-state index in [9.17, 15) is 33.6 Å². The third-order valence-corrected chi connectivity index (χ3v) is 15.5. The summed E-state index contributed by atoms with van der Waals surface area (Å²) in [7, 11) is 0. The van der Waals surface area contributed by atoms with Gasteiger partial charge in [-0.05, 0) is 126 Å². The highest BCUT2D eigenvalue weighted by molar-refractivity contribution is 6.23. The number of imide groups is 2. The van der Waals surface area contributed by atoms with E-state index in [0.29, 0.717) is 115 Å². The molecule has 7 amide bonds. The van der Waals surface area contributed by atoms with Crippen LogP contribution in [0.15, 0.2) is 85.2 Å². The summed E-state index contributed by atoms with van der Waals surface area (Å²) in [6, 6.07) is 19.7. The number of piperazine rings is 1. The fraction of sp³-hybridized carbons (Fsp3) is 0.484. The van der Waals surface area contributed by atoms with E-state index in [4.69, 9.17) is 28.7 Å². The number of hydrogen-bond donors (Lipinski definition) is 4. The summed E-state index contributed by atoms with van der Waals surface area (Å²) in [5, 5.41) is 16.7. The minimum atomic E-state index is -1.15. The molecule has 0 bridgehead atoms. The number of carbonyl (C=O) groups excluding carboxylic acids is 7. The average Bonchev–Trinajstić information content (AvgIpc) is 1.87. The number of hydrogen-bond acceptors (Lipinski definition) is 17. The van der Waals surface area contributed by atoms with Crippen LogP contribution in [0.25, 0.3) is 11.4 Å². The van der Waals surface area contributed by atoms with Crippen LogP contribution >= 0.6 is 0 Å². The summed E-state index contributed by atoms with van der Waals surface area (Å²) in [5.74, 6) is -1.86. The van der Waals surface area contributed by atoms with Crippen LogP contribution in [0.5, 0.6) is 5.75 Å². The molecule has 6 heterocycles. The van der Waals surface area contributed by atoms with E-state index in [-0.39, 0.29) is 66.6 Å². The normalized spacial score (nSPS) is 17.3. The first kappa shape index (κ1) is 62.2. The summed E-state index contributed by atoms with van der Waals surface area (Å²) in [5.41, 5.74) is 1.55. The fourth-order valence-electron chi connectivity index (χ4n) is 10.8. The van der Waals surface area contributed by atoms with Gasteiger partial charge in [-0.1, -0.05) is 24.6 Å². The van der Waals surface area contributed by atoms with Crippen molar-refractivity contribution in [1.82, 2.24) is 45.5 Å². The van der Waals surface area contributed by atoms with Crippen molar-refractivity contribution in [1.29, 1.82) is 0 Å². The SMILES string of the molecule is C[C@@H](NC(=O)c1cccc(NC2(c3nc(-c4ccncc4)n[nH]3)CCN(C(=O)OC(C)(C)C)CC2)c1)c1cccc(OCCCCCCOCCOCCOCCC(=O)N2CCN(c3cc4c(cc3F)C(=O)N(C3CCC(=O)NC3=O)C4=O)CC2)c1. The zero-order chi connectivity index (χ0) is 60.8. The van der Waals surface area contributed by atoms with Crippen molar-refractivity contribution in [2.75, 3.05) is 95.7 Å². The lowest BCUT2D eigenvalue weighted by molar-refractivity contribution is -0.136. The highest BCUT2D eigenvalue weighted by Gasteiger charge is 2.46. The molecule has 4 aliphatic heterocycles. The Kier molecular flexibility index (Phi) is 20.7. The number of likely N-dealkylation sites (tertiary alicyclic amines) is 1. The molecule has 4 N–H and O–H groups in total. The molecule has 23 nitrogen and oxygen atoms in total. The minimum Gasteiger partial charge on any atom is -0.494 e. The van der Waals surface area contributed by atoms with Crippen LogP contribution in [0.2, 0.25) is 0 Å². The van der Waals surface area contributed by atoms with Gasteiger partial charge in [0.05, 0.1) is 68.9 Å². The summed E-state index contributed by atoms with van der Waals surface area (Å²) < 4.78 is 44.1. The van der Waals surface area contributed by atoms with E-state index in [2.05, 4.69) is 31.1 Å². The number of unbranched alkanes of at least 4 members (excludes halogenated alkanes) is 3. The molecular formula is C62H76FN11O12. The molecule has 1 unspecified atom stereocenters. The number of anilines is 2. The molecule has 4 aliphatic rings. The van der Waals surface area contributed by atoms with Crippen LogP contribution in [0, 0.1) is 5.82 Å². The molecule has 3 saturated heterocycles. The summed E-state index contributed by atoms with van der Waals surface area (Å²) in [4.78, 5) is 105. The first-order valence-corrected chi connectivity index (χ1v) is 29.5. The number of carbonyl (C=O) groups is 7. The second-order valence-electron chi connectivity index (χ2n) is 22.8. The van der Waals surface area contributed by atoms with Gasteiger partial charge in [-0.15, -0.1) is 0 Å². The largest absolute Gasteiger partial charge is 0.494 e. The molecule has 2 atom stereocenters. The predicted octanol–water partition coefficient (Wildman–Crippen LogP) is 6.96. The first-order chi connectivity index (χ1) is 41.4.